The number of nitrogens with zero attached hydrogens (tertiary/aromatic N) is 1. The molecule has 2 rings (SSSR count). The summed E-state index contributed by atoms with van der Waals surface area (Å²) in [4.78, 5) is 11.2. The van der Waals surface area contributed by atoms with Crippen LogP contribution < -0.4 is 10.3 Å². The van der Waals surface area contributed by atoms with E-state index in [0.717, 1.165) is 12.2 Å². The Morgan fingerprint density at radius 3 is 2.53 bits per heavy atom. The lowest BCUT2D eigenvalue weighted by Gasteiger charge is -2.03. The van der Waals surface area contributed by atoms with Crippen molar-refractivity contribution in [2.75, 3.05) is 0 Å². The van der Waals surface area contributed by atoms with Crippen molar-refractivity contribution in [3.63, 3.8) is 0 Å². The zero-order valence-electron chi connectivity index (χ0n) is 9.76. The van der Waals surface area contributed by atoms with Gasteiger partial charge in [0.25, 0.3) is 5.91 Å². The third kappa shape index (κ3) is 2.50. The molecule has 0 bridgehead atoms. The Hall–Kier alpha value is -2.16. The summed E-state index contributed by atoms with van der Waals surface area (Å²) in [5.41, 5.74) is 7.99. The number of rotatable bonds is 3. The lowest BCUT2D eigenvalue weighted by molar-refractivity contribution is -0.694. The van der Waals surface area contributed by atoms with E-state index in [4.69, 9.17) is 5.73 Å². The number of nitrogens with two attached hydrogens (primary N) is 1. The minimum atomic E-state index is -0.384. The molecule has 0 unspecified atom stereocenters. The van der Waals surface area contributed by atoms with Crippen molar-refractivity contribution in [2.45, 2.75) is 13.5 Å². The van der Waals surface area contributed by atoms with Crippen LogP contribution in [0.1, 0.15) is 21.6 Å². The van der Waals surface area contributed by atoms with Crippen molar-refractivity contribution in [3.8, 4) is 0 Å². The molecule has 0 aliphatic rings. The van der Waals surface area contributed by atoms with Crippen molar-refractivity contribution in [1.29, 1.82) is 0 Å². The van der Waals surface area contributed by atoms with E-state index in [-0.39, 0.29) is 5.91 Å². The maximum Gasteiger partial charge on any atom is 0.255 e. The minimum absolute atomic E-state index is 0.384. The van der Waals surface area contributed by atoms with Gasteiger partial charge in [-0.2, -0.15) is 4.57 Å². The van der Waals surface area contributed by atoms with Gasteiger partial charge in [-0.05, 0) is 6.07 Å². The van der Waals surface area contributed by atoms with E-state index in [1.807, 2.05) is 42.0 Å². The lowest BCUT2D eigenvalue weighted by Crippen LogP contribution is -2.39. The first-order valence-corrected chi connectivity index (χ1v) is 5.51. The summed E-state index contributed by atoms with van der Waals surface area (Å²) in [5.74, 6) is -0.384. The van der Waals surface area contributed by atoms with E-state index in [2.05, 4.69) is 12.1 Å². The largest absolute Gasteiger partial charge is 0.365 e. The van der Waals surface area contributed by atoms with Gasteiger partial charge in [0.15, 0.2) is 18.4 Å². The number of aromatic nitrogens is 1. The van der Waals surface area contributed by atoms with Crippen LogP contribution in [0.25, 0.3) is 0 Å². The second-order valence-electron chi connectivity index (χ2n) is 3.99. The van der Waals surface area contributed by atoms with Gasteiger partial charge in [0.05, 0.1) is 0 Å². The van der Waals surface area contributed by atoms with E-state index < -0.39 is 0 Å². The molecule has 0 aliphatic heterocycles. The molecule has 1 aromatic heterocycles. The zero-order valence-corrected chi connectivity index (χ0v) is 9.76. The van der Waals surface area contributed by atoms with E-state index in [1.54, 1.807) is 6.07 Å². The summed E-state index contributed by atoms with van der Waals surface area (Å²) in [6, 6.07) is 13.7. The summed E-state index contributed by atoms with van der Waals surface area (Å²) in [6.45, 7) is 2.65. The van der Waals surface area contributed by atoms with Crippen LogP contribution >= 0.6 is 0 Å². The third-order valence-corrected chi connectivity index (χ3v) is 2.81. The molecule has 1 heterocycles. The van der Waals surface area contributed by atoms with Crippen molar-refractivity contribution >= 4 is 5.91 Å². The number of pyridine rings is 1. The smallest absolute Gasteiger partial charge is 0.255 e. The monoisotopic (exact) mass is 227 g/mol. The average Bonchev–Trinajstić information content (AvgIpc) is 2.33. The maximum absolute atomic E-state index is 11.2. The molecule has 3 nitrogen and oxygen atoms in total. The molecule has 0 saturated heterocycles. The second-order valence-corrected chi connectivity index (χ2v) is 3.99. The Morgan fingerprint density at radius 1 is 1.18 bits per heavy atom. The van der Waals surface area contributed by atoms with Crippen LogP contribution in [0.2, 0.25) is 0 Å². The molecular weight excluding hydrogens is 212 g/mol. The summed E-state index contributed by atoms with van der Waals surface area (Å²) < 4.78 is 2.02. The highest BCUT2D eigenvalue weighted by Crippen LogP contribution is 2.03. The van der Waals surface area contributed by atoms with Gasteiger partial charge in [0, 0.05) is 18.6 Å². The van der Waals surface area contributed by atoms with Crippen molar-refractivity contribution in [3.05, 3.63) is 65.5 Å². The predicted octanol–water partition coefficient (Wildman–Crippen LogP) is 1.43. The van der Waals surface area contributed by atoms with Gasteiger partial charge in [0.2, 0.25) is 0 Å². The average molecular weight is 227 g/mol. The zero-order chi connectivity index (χ0) is 12.3. The van der Waals surface area contributed by atoms with Crippen LogP contribution in [0, 0.1) is 6.92 Å². The fourth-order valence-electron chi connectivity index (χ4n) is 1.84. The van der Waals surface area contributed by atoms with Crippen molar-refractivity contribution in [1.82, 2.24) is 0 Å². The SMILES string of the molecule is Cc1c(C(N)=O)ccc[n+]1Cc1ccccc1. The molecule has 3 heteroatoms. The highest BCUT2D eigenvalue weighted by atomic mass is 16.1. The molecule has 0 aliphatic carbocycles. The number of carbonyl (C=O) groups excluding carboxylic acids is 1. The molecule has 1 amide bonds. The molecular formula is C14H15N2O+. The lowest BCUT2D eigenvalue weighted by atomic mass is 10.1. The van der Waals surface area contributed by atoms with Crippen molar-refractivity contribution < 1.29 is 9.36 Å². The number of hydrogen-bond acceptors (Lipinski definition) is 1. The first-order valence-electron chi connectivity index (χ1n) is 5.51. The molecule has 0 spiro atoms. The van der Waals surface area contributed by atoms with E-state index in [0.29, 0.717) is 5.56 Å². The summed E-state index contributed by atoms with van der Waals surface area (Å²) in [5, 5.41) is 0. The van der Waals surface area contributed by atoms with Gasteiger partial charge < -0.3 is 5.73 Å². The van der Waals surface area contributed by atoms with Crippen LogP contribution in [0.4, 0.5) is 0 Å². The first-order chi connectivity index (χ1) is 8.18. The molecule has 2 aromatic rings. The van der Waals surface area contributed by atoms with Gasteiger partial charge in [-0.1, -0.05) is 30.3 Å². The minimum Gasteiger partial charge on any atom is -0.365 e. The molecule has 0 saturated carbocycles. The van der Waals surface area contributed by atoms with Crippen LogP contribution in [0.15, 0.2) is 48.7 Å². The Labute approximate surface area is 101 Å². The highest BCUT2D eigenvalue weighted by molar-refractivity contribution is 5.93. The molecule has 17 heavy (non-hydrogen) atoms. The van der Waals surface area contributed by atoms with E-state index in [9.17, 15) is 4.79 Å². The fourth-order valence-corrected chi connectivity index (χ4v) is 1.84. The standard InChI is InChI=1S/C14H14N2O/c1-11-13(14(15)17)8-5-9-16(11)10-12-6-3-2-4-7-12/h2-9H,10H2,1H3,(H-,15,17)/p+1. The van der Waals surface area contributed by atoms with Crippen LogP contribution in [0.5, 0.6) is 0 Å². The summed E-state index contributed by atoms with van der Waals surface area (Å²) in [6.07, 6.45) is 1.95. The highest BCUT2D eigenvalue weighted by Gasteiger charge is 2.14. The maximum atomic E-state index is 11.2. The quantitative estimate of drug-likeness (QED) is 0.792. The van der Waals surface area contributed by atoms with E-state index in [1.165, 1.54) is 5.56 Å². The molecule has 2 N–H and O–H groups in total. The Kier molecular flexibility index (Phi) is 3.19. The van der Waals surface area contributed by atoms with Gasteiger partial charge in [-0.3, -0.25) is 4.79 Å². The van der Waals surface area contributed by atoms with Crippen LogP contribution in [-0.2, 0) is 6.54 Å². The van der Waals surface area contributed by atoms with Gasteiger partial charge in [0.1, 0.15) is 5.56 Å². The summed E-state index contributed by atoms with van der Waals surface area (Å²) in [7, 11) is 0. The fraction of sp³-hybridized carbons (Fsp3) is 0.143. The first kappa shape index (κ1) is 11.3. The Balaban J connectivity index is 2.34. The number of amides is 1. The van der Waals surface area contributed by atoms with E-state index >= 15 is 0 Å². The number of primary amides is 1. The molecule has 86 valence electrons. The second kappa shape index (κ2) is 4.78. The molecule has 1 aromatic carbocycles. The number of benzene rings is 1. The summed E-state index contributed by atoms with van der Waals surface area (Å²) >= 11 is 0. The predicted molar refractivity (Wildman–Crippen MR) is 65.4 cm³/mol. The van der Waals surface area contributed by atoms with Crippen LogP contribution in [-0.4, -0.2) is 5.91 Å². The Bertz CT molecular complexity index is 535. The number of carbonyl (C=O) groups is 1. The van der Waals surface area contributed by atoms with Gasteiger partial charge >= 0.3 is 0 Å². The van der Waals surface area contributed by atoms with Crippen molar-refractivity contribution in [2.24, 2.45) is 5.73 Å². The number of hydrogen-bond donors (Lipinski definition) is 1. The molecule has 0 fully saturated rings. The molecule has 0 radical (unpaired) electrons. The molecule has 0 atom stereocenters. The van der Waals surface area contributed by atoms with Gasteiger partial charge in [-0.15, -0.1) is 0 Å². The Morgan fingerprint density at radius 2 is 1.88 bits per heavy atom. The normalized spacial score (nSPS) is 10.2. The topological polar surface area (TPSA) is 47.0 Å². The third-order valence-electron chi connectivity index (χ3n) is 2.81. The van der Waals surface area contributed by atoms with Crippen LogP contribution in [0.3, 0.4) is 0 Å². The van der Waals surface area contributed by atoms with Gasteiger partial charge in [-0.25, -0.2) is 0 Å².